The lowest BCUT2D eigenvalue weighted by molar-refractivity contribution is -0.384. The highest BCUT2D eigenvalue weighted by molar-refractivity contribution is 5.61. The van der Waals surface area contributed by atoms with E-state index in [1.807, 2.05) is 0 Å². The van der Waals surface area contributed by atoms with Crippen molar-refractivity contribution in [2.75, 3.05) is 10.7 Å². The summed E-state index contributed by atoms with van der Waals surface area (Å²) in [4.78, 5) is 14.6. The summed E-state index contributed by atoms with van der Waals surface area (Å²) in [6.45, 7) is 2.13. The molecular formula is C11H17N5O2. The third-order valence-electron chi connectivity index (χ3n) is 3.12. The van der Waals surface area contributed by atoms with Crippen LogP contribution in [0.4, 0.5) is 17.3 Å². The minimum atomic E-state index is -0.438. The van der Waals surface area contributed by atoms with E-state index in [0.717, 1.165) is 19.3 Å². The van der Waals surface area contributed by atoms with Crippen molar-refractivity contribution >= 4 is 17.3 Å². The zero-order chi connectivity index (χ0) is 13.1. The molecule has 2 rings (SSSR count). The van der Waals surface area contributed by atoms with Gasteiger partial charge in [0, 0.05) is 12.1 Å². The smallest absolute Gasteiger partial charge is 0.311 e. The van der Waals surface area contributed by atoms with Gasteiger partial charge >= 0.3 is 5.69 Å². The molecule has 1 heterocycles. The lowest BCUT2D eigenvalue weighted by Crippen LogP contribution is -2.13. The fraction of sp³-hybridized carbons (Fsp3) is 0.545. The Morgan fingerprint density at radius 2 is 2.39 bits per heavy atom. The molecule has 98 valence electrons. The average molecular weight is 251 g/mol. The second-order valence-electron chi connectivity index (χ2n) is 4.50. The van der Waals surface area contributed by atoms with Crippen LogP contribution >= 0.6 is 0 Å². The van der Waals surface area contributed by atoms with Crippen molar-refractivity contribution < 1.29 is 4.92 Å². The van der Waals surface area contributed by atoms with E-state index in [0.29, 0.717) is 23.6 Å². The predicted molar refractivity (Wildman–Crippen MR) is 69.1 cm³/mol. The van der Waals surface area contributed by atoms with Gasteiger partial charge in [0.2, 0.25) is 5.82 Å². The summed E-state index contributed by atoms with van der Waals surface area (Å²) in [6, 6.07) is 3.19. The highest BCUT2D eigenvalue weighted by atomic mass is 16.6. The Labute approximate surface area is 105 Å². The summed E-state index contributed by atoms with van der Waals surface area (Å²) < 4.78 is 0. The molecule has 0 aliphatic heterocycles. The number of nitrogens with zero attached hydrogens (tertiary/aromatic N) is 2. The van der Waals surface area contributed by atoms with Gasteiger partial charge in [-0.25, -0.2) is 10.8 Å². The van der Waals surface area contributed by atoms with Crippen LogP contribution in [0.5, 0.6) is 0 Å². The molecular weight excluding hydrogens is 234 g/mol. The number of nitro groups is 1. The molecule has 2 atom stereocenters. The van der Waals surface area contributed by atoms with Crippen molar-refractivity contribution in [2.45, 2.75) is 32.2 Å². The predicted octanol–water partition coefficient (Wildman–Crippen LogP) is 1.88. The fourth-order valence-corrected chi connectivity index (χ4v) is 2.08. The van der Waals surface area contributed by atoms with Crippen LogP contribution in [-0.2, 0) is 0 Å². The van der Waals surface area contributed by atoms with Crippen molar-refractivity contribution in [1.29, 1.82) is 0 Å². The minimum absolute atomic E-state index is 0.0175. The van der Waals surface area contributed by atoms with Crippen molar-refractivity contribution in [1.82, 2.24) is 4.98 Å². The summed E-state index contributed by atoms with van der Waals surface area (Å²) in [7, 11) is 0. The monoisotopic (exact) mass is 251 g/mol. The van der Waals surface area contributed by atoms with Gasteiger partial charge < -0.3 is 10.7 Å². The molecule has 0 aromatic carbocycles. The zero-order valence-electron chi connectivity index (χ0n) is 10.2. The number of aromatic nitrogens is 1. The van der Waals surface area contributed by atoms with Crippen molar-refractivity contribution in [3.05, 3.63) is 22.2 Å². The molecule has 1 saturated carbocycles. The summed E-state index contributed by atoms with van der Waals surface area (Å²) in [5, 5.41) is 14.0. The Bertz CT molecular complexity index is 451. The van der Waals surface area contributed by atoms with E-state index in [9.17, 15) is 10.1 Å². The molecule has 0 amide bonds. The number of hydrogen-bond acceptors (Lipinski definition) is 6. The minimum Gasteiger partial charge on any atom is -0.361 e. The Kier molecular flexibility index (Phi) is 3.61. The molecule has 7 nitrogen and oxygen atoms in total. The van der Waals surface area contributed by atoms with Crippen LogP contribution in [0.15, 0.2) is 12.1 Å². The average Bonchev–Trinajstić information content (AvgIpc) is 3.07. The zero-order valence-corrected chi connectivity index (χ0v) is 10.2. The Morgan fingerprint density at radius 3 is 3.00 bits per heavy atom. The second kappa shape index (κ2) is 5.18. The molecule has 1 aromatic rings. The number of nitrogens with two attached hydrogens (primary N) is 1. The van der Waals surface area contributed by atoms with Gasteiger partial charge in [-0.1, -0.05) is 13.3 Å². The van der Waals surface area contributed by atoms with Crippen LogP contribution in [0.2, 0.25) is 0 Å². The molecule has 1 aliphatic rings. The maximum atomic E-state index is 10.9. The molecule has 0 radical (unpaired) electrons. The highest BCUT2D eigenvalue weighted by Gasteiger charge is 2.37. The first kappa shape index (κ1) is 12.6. The van der Waals surface area contributed by atoms with Gasteiger partial charge in [-0.05, 0) is 24.8 Å². The van der Waals surface area contributed by atoms with Gasteiger partial charge in [-0.3, -0.25) is 10.1 Å². The standard InChI is InChI=1S/C11H17N5O2/c1-2-3-7-6-8(7)13-11-9(16(17)18)4-5-10(14-11)15-12/h4-5,7-8H,2-3,6,12H2,1H3,(H2,13,14,15). The topological polar surface area (TPSA) is 106 Å². The molecule has 1 aromatic heterocycles. The Balaban J connectivity index is 2.12. The lowest BCUT2D eigenvalue weighted by Gasteiger charge is -2.07. The van der Waals surface area contributed by atoms with Crippen LogP contribution in [0.1, 0.15) is 26.2 Å². The van der Waals surface area contributed by atoms with Gasteiger partial charge in [0.05, 0.1) is 4.92 Å². The molecule has 18 heavy (non-hydrogen) atoms. The van der Waals surface area contributed by atoms with Crippen LogP contribution in [0, 0.1) is 16.0 Å². The Hall–Kier alpha value is -1.89. The summed E-state index contributed by atoms with van der Waals surface area (Å²) in [5.74, 6) is 6.56. The molecule has 0 saturated heterocycles. The van der Waals surface area contributed by atoms with Crippen LogP contribution < -0.4 is 16.6 Å². The van der Waals surface area contributed by atoms with Gasteiger partial charge in [0.1, 0.15) is 5.82 Å². The third-order valence-corrected chi connectivity index (χ3v) is 3.12. The van der Waals surface area contributed by atoms with Crippen LogP contribution in [0.3, 0.4) is 0 Å². The van der Waals surface area contributed by atoms with Gasteiger partial charge in [0.15, 0.2) is 0 Å². The van der Waals surface area contributed by atoms with Gasteiger partial charge in [-0.2, -0.15) is 0 Å². The van der Waals surface area contributed by atoms with E-state index in [-0.39, 0.29) is 5.69 Å². The summed E-state index contributed by atoms with van der Waals surface area (Å²) in [5.41, 5.74) is 2.37. The van der Waals surface area contributed by atoms with Gasteiger partial charge in [-0.15, -0.1) is 0 Å². The SMILES string of the molecule is CCCC1CC1Nc1nc(NN)ccc1[N+](=O)[O-]. The van der Waals surface area contributed by atoms with E-state index in [1.165, 1.54) is 12.1 Å². The fourth-order valence-electron chi connectivity index (χ4n) is 2.08. The number of rotatable bonds is 6. The van der Waals surface area contributed by atoms with E-state index in [2.05, 4.69) is 22.7 Å². The molecule has 2 unspecified atom stereocenters. The Morgan fingerprint density at radius 1 is 1.61 bits per heavy atom. The number of nitrogens with one attached hydrogen (secondary N) is 2. The number of nitrogen functional groups attached to an aromatic ring is 1. The quantitative estimate of drug-likeness (QED) is 0.405. The summed E-state index contributed by atoms with van der Waals surface area (Å²) in [6.07, 6.45) is 3.32. The van der Waals surface area contributed by atoms with E-state index in [4.69, 9.17) is 5.84 Å². The van der Waals surface area contributed by atoms with Crippen LogP contribution in [-0.4, -0.2) is 15.9 Å². The first-order chi connectivity index (χ1) is 8.65. The van der Waals surface area contributed by atoms with Crippen LogP contribution in [0.25, 0.3) is 0 Å². The maximum absolute atomic E-state index is 10.9. The second-order valence-corrected chi connectivity index (χ2v) is 4.50. The number of hydrazine groups is 1. The number of anilines is 2. The normalized spacial score (nSPS) is 21.4. The van der Waals surface area contributed by atoms with Crippen molar-refractivity contribution in [3.8, 4) is 0 Å². The van der Waals surface area contributed by atoms with E-state index >= 15 is 0 Å². The highest BCUT2D eigenvalue weighted by Crippen LogP contribution is 2.38. The van der Waals surface area contributed by atoms with Gasteiger partial charge in [0.25, 0.3) is 0 Å². The lowest BCUT2D eigenvalue weighted by atomic mass is 10.2. The summed E-state index contributed by atoms with van der Waals surface area (Å²) >= 11 is 0. The third kappa shape index (κ3) is 2.67. The molecule has 1 aliphatic carbocycles. The van der Waals surface area contributed by atoms with E-state index in [1.54, 1.807) is 0 Å². The van der Waals surface area contributed by atoms with E-state index < -0.39 is 4.92 Å². The maximum Gasteiger partial charge on any atom is 0.311 e. The van der Waals surface area contributed by atoms with Crippen molar-refractivity contribution in [3.63, 3.8) is 0 Å². The number of hydrogen-bond donors (Lipinski definition) is 3. The molecule has 0 bridgehead atoms. The molecule has 7 heteroatoms. The van der Waals surface area contributed by atoms with Crippen molar-refractivity contribution in [2.24, 2.45) is 11.8 Å². The first-order valence-corrected chi connectivity index (χ1v) is 6.04. The molecule has 1 fully saturated rings. The first-order valence-electron chi connectivity index (χ1n) is 6.04. The molecule has 0 spiro atoms. The molecule has 4 N–H and O–H groups in total. The number of pyridine rings is 1. The largest absolute Gasteiger partial charge is 0.361 e.